The van der Waals surface area contributed by atoms with Crippen molar-refractivity contribution in [3.05, 3.63) is 41.0 Å². The molecule has 6 nitrogen and oxygen atoms in total. The number of amides is 1. The summed E-state index contributed by atoms with van der Waals surface area (Å²) in [7, 11) is 1.55. The number of carbonyl (C=O) groups is 1. The molecular weight excluding hydrogens is 246 g/mol. The molecule has 0 aromatic carbocycles. The van der Waals surface area contributed by atoms with E-state index in [4.69, 9.17) is 9.26 Å². The highest BCUT2D eigenvalue weighted by molar-refractivity contribution is 5.92. The summed E-state index contributed by atoms with van der Waals surface area (Å²) in [5.41, 5.74) is 2.01. The van der Waals surface area contributed by atoms with Crippen molar-refractivity contribution in [3.8, 4) is 5.75 Å². The molecule has 2 aromatic heterocycles. The van der Waals surface area contributed by atoms with Crippen LogP contribution in [0.3, 0.4) is 0 Å². The van der Waals surface area contributed by atoms with Crippen LogP contribution in [0.5, 0.6) is 5.75 Å². The molecule has 0 aliphatic heterocycles. The number of hydrogen-bond acceptors (Lipinski definition) is 5. The second kappa shape index (κ2) is 5.51. The van der Waals surface area contributed by atoms with Crippen molar-refractivity contribution in [1.29, 1.82) is 0 Å². The van der Waals surface area contributed by atoms with E-state index < -0.39 is 0 Å². The maximum Gasteiger partial charge on any atom is 0.270 e. The summed E-state index contributed by atoms with van der Waals surface area (Å²) in [6.45, 7) is 4.02. The van der Waals surface area contributed by atoms with Gasteiger partial charge in [0.15, 0.2) is 0 Å². The molecule has 0 bridgehead atoms. The number of aromatic nitrogens is 2. The van der Waals surface area contributed by atoms with Gasteiger partial charge in [-0.25, -0.2) is 4.98 Å². The van der Waals surface area contributed by atoms with E-state index in [1.54, 1.807) is 19.2 Å². The minimum Gasteiger partial charge on any atom is -0.495 e. The van der Waals surface area contributed by atoms with Crippen LogP contribution in [0, 0.1) is 13.8 Å². The smallest absolute Gasteiger partial charge is 0.270 e. The molecule has 19 heavy (non-hydrogen) atoms. The predicted octanol–water partition coefficient (Wildman–Crippen LogP) is 1.63. The monoisotopic (exact) mass is 261 g/mol. The number of ether oxygens (including phenoxy) is 1. The fraction of sp³-hybridized carbons (Fsp3) is 0.308. The summed E-state index contributed by atoms with van der Waals surface area (Å²) < 4.78 is 10.0. The Morgan fingerprint density at radius 1 is 1.42 bits per heavy atom. The molecule has 0 fully saturated rings. The molecule has 2 aromatic rings. The molecule has 0 aliphatic carbocycles. The lowest BCUT2D eigenvalue weighted by Crippen LogP contribution is -2.24. The average molecular weight is 261 g/mol. The molecule has 0 aliphatic rings. The van der Waals surface area contributed by atoms with Gasteiger partial charge in [0, 0.05) is 12.1 Å². The summed E-state index contributed by atoms with van der Waals surface area (Å²) in [6, 6.07) is 3.30. The van der Waals surface area contributed by atoms with E-state index in [1.807, 2.05) is 13.8 Å². The Morgan fingerprint density at radius 2 is 2.21 bits per heavy atom. The van der Waals surface area contributed by atoms with E-state index in [9.17, 15) is 4.79 Å². The first-order valence-electron chi connectivity index (χ1n) is 5.82. The van der Waals surface area contributed by atoms with Crippen molar-refractivity contribution in [3.63, 3.8) is 0 Å². The van der Waals surface area contributed by atoms with Gasteiger partial charge >= 0.3 is 0 Å². The Balaban J connectivity index is 2.01. The van der Waals surface area contributed by atoms with Gasteiger partial charge in [-0.2, -0.15) is 0 Å². The third-order valence-electron chi connectivity index (χ3n) is 2.81. The fourth-order valence-corrected chi connectivity index (χ4v) is 1.65. The number of nitrogens with one attached hydrogen (secondary N) is 1. The molecule has 2 rings (SSSR count). The molecule has 0 atom stereocenters. The first-order valence-corrected chi connectivity index (χ1v) is 5.82. The molecule has 1 N–H and O–H groups in total. The molecule has 0 saturated heterocycles. The Hall–Kier alpha value is -2.37. The number of nitrogens with zero attached hydrogens (tertiary/aromatic N) is 2. The highest BCUT2D eigenvalue weighted by Crippen LogP contribution is 2.12. The molecule has 100 valence electrons. The SMILES string of the molecule is COc1ccc(C(=O)NCc2c(C)noc2C)nc1. The molecule has 0 unspecified atom stereocenters. The van der Waals surface area contributed by atoms with Gasteiger partial charge in [0.25, 0.3) is 5.91 Å². The van der Waals surface area contributed by atoms with Crippen LogP contribution < -0.4 is 10.1 Å². The zero-order chi connectivity index (χ0) is 13.8. The number of pyridine rings is 1. The highest BCUT2D eigenvalue weighted by atomic mass is 16.5. The summed E-state index contributed by atoms with van der Waals surface area (Å²) in [5.74, 6) is 1.07. The van der Waals surface area contributed by atoms with Gasteiger partial charge in [-0.05, 0) is 26.0 Å². The van der Waals surface area contributed by atoms with Crippen LogP contribution in [0.4, 0.5) is 0 Å². The van der Waals surface area contributed by atoms with E-state index in [1.165, 1.54) is 6.20 Å². The van der Waals surface area contributed by atoms with E-state index in [-0.39, 0.29) is 5.91 Å². The third kappa shape index (κ3) is 2.90. The summed E-state index contributed by atoms with van der Waals surface area (Å²) in [6.07, 6.45) is 1.50. The molecule has 6 heteroatoms. The highest BCUT2D eigenvalue weighted by Gasteiger charge is 2.12. The van der Waals surface area contributed by atoms with Crippen molar-refractivity contribution in [2.75, 3.05) is 7.11 Å². The van der Waals surface area contributed by atoms with E-state index in [0.717, 1.165) is 11.3 Å². The number of methoxy groups -OCH3 is 1. The number of aryl methyl sites for hydroxylation is 2. The topological polar surface area (TPSA) is 77.2 Å². The zero-order valence-corrected chi connectivity index (χ0v) is 11.1. The van der Waals surface area contributed by atoms with Gasteiger partial charge in [0.1, 0.15) is 17.2 Å². The fourth-order valence-electron chi connectivity index (χ4n) is 1.65. The maximum absolute atomic E-state index is 11.9. The molecule has 0 saturated carbocycles. The lowest BCUT2D eigenvalue weighted by molar-refractivity contribution is 0.0946. The second-order valence-corrected chi connectivity index (χ2v) is 4.07. The van der Waals surface area contributed by atoms with E-state index in [2.05, 4.69) is 15.5 Å². The van der Waals surface area contributed by atoms with Crippen LogP contribution in [0.15, 0.2) is 22.9 Å². The standard InChI is InChI=1S/C13H15N3O3/c1-8-11(9(2)19-16-8)7-15-13(17)12-5-4-10(18-3)6-14-12/h4-6H,7H2,1-3H3,(H,15,17). The van der Waals surface area contributed by atoms with Crippen LogP contribution in [0.2, 0.25) is 0 Å². The molecule has 2 heterocycles. The zero-order valence-electron chi connectivity index (χ0n) is 11.1. The van der Waals surface area contributed by atoms with Gasteiger partial charge in [-0.1, -0.05) is 5.16 Å². The van der Waals surface area contributed by atoms with E-state index in [0.29, 0.717) is 23.7 Å². The van der Waals surface area contributed by atoms with Gasteiger partial charge in [0.2, 0.25) is 0 Å². The first kappa shape index (κ1) is 13.1. The van der Waals surface area contributed by atoms with Gasteiger partial charge in [0.05, 0.1) is 19.0 Å². The minimum atomic E-state index is -0.248. The lowest BCUT2D eigenvalue weighted by atomic mass is 10.2. The Labute approximate surface area is 110 Å². The molecule has 1 amide bonds. The van der Waals surface area contributed by atoms with Gasteiger partial charge in [-0.3, -0.25) is 4.79 Å². The van der Waals surface area contributed by atoms with Crippen LogP contribution in [0.25, 0.3) is 0 Å². The predicted molar refractivity (Wildman–Crippen MR) is 67.9 cm³/mol. The van der Waals surface area contributed by atoms with Crippen LogP contribution in [-0.2, 0) is 6.54 Å². The van der Waals surface area contributed by atoms with Crippen LogP contribution in [-0.4, -0.2) is 23.2 Å². The molecule has 0 spiro atoms. The molecular formula is C13H15N3O3. The van der Waals surface area contributed by atoms with Crippen molar-refractivity contribution >= 4 is 5.91 Å². The lowest BCUT2D eigenvalue weighted by Gasteiger charge is -2.05. The van der Waals surface area contributed by atoms with Crippen molar-refractivity contribution in [2.45, 2.75) is 20.4 Å². The second-order valence-electron chi connectivity index (χ2n) is 4.07. The quantitative estimate of drug-likeness (QED) is 0.905. The maximum atomic E-state index is 11.9. The van der Waals surface area contributed by atoms with Crippen LogP contribution >= 0.6 is 0 Å². The van der Waals surface area contributed by atoms with Crippen molar-refractivity contribution in [2.24, 2.45) is 0 Å². The summed E-state index contributed by atoms with van der Waals surface area (Å²) >= 11 is 0. The first-order chi connectivity index (χ1) is 9.11. The Morgan fingerprint density at radius 3 is 2.74 bits per heavy atom. The summed E-state index contributed by atoms with van der Waals surface area (Å²) in [4.78, 5) is 15.9. The Kier molecular flexibility index (Phi) is 3.79. The summed E-state index contributed by atoms with van der Waals surface area (Å²) in [5, 5.41) is 6.61. The normalized spacial score (nSPS) is 10.3. The largest absolute Gasteiger partial charge is 0.495 e. The van der Waals surface area contributed by atoms with Crippen molar-refractivity contribution < 1.29 is 14.1 Å². The number of rotatable bonds is 4. The number of carbonyl (C=O) groups excluding carboxylic acids is 1. The van der Waals surface area contributed by atoms with Gasteiger partial charge < -0.3 is 14.6 Å². The molecule has 0 radical (unpaired) electrons. The third-order valence-corrected chi connectivity index (χ3v) is 2.81. The van der Waals surface area contributed by atoms with Gasteiger partial charge in [-0.15, -0.1) is 0 Å². The number of hydrogen-bond donors (Lipinski definition) is 1. The average Bonchev–Trinajstić information content (AvgIpc) is 2.75. The van der Waals surface area contributed by atoms with Crippen LogP contribution in [0.1, 0.15) is 27.5 Å². The van der Waals surface area contributed by atoms with Crippen molar-refractivity contribution in [1.82, 2.24) is 15.5 Å². The van der Waals surface area contributed by atoms with E-state index >= 15 is 0 Å². The Bertz CT molecular complexity index is 556. The minimum absolute atomic E-state index is 0.248.